The molecule has 0 spiro atoms. The number of hydrogen-bond donors (Lipinski definition) is 1. The molecule has 0 amide bonds. The van der Waals surface area contributed by atoms with Crippen molar-refractivity contribution in [3.8, 4) is 5.88 Å². The second-order valence-electron chi connectivity index (χ2n) is 4.80. The quantitative estimate of drug-likeness (QED) is 0.843. The van der Waals surface area contributed by atoms with E-state index in [4.69, 9.17) is 9.47 Å². The largest absolute Gasteiger partial charge is 0.472 e. The predicted octanol–water partition coefficient (Wildman–Crippen LogP) is 2.76. The molecule has 0 aliphatic rings. The van der Waals surface area contributed by atoms with Gasteiger partial charge in [-0.05, 0) is 31.0 Å². The first-order chi connectivity index (χ1) is 9.74. The average molecular weight is 274 g/mol. The highest BCUT2D eigenvalue weighted by Gasteiger charge is 2.10. The maximum Gasteiger partial charge on any atom is 0.221 e. The van der Waals surface area contributed by atoms with Gasteiger partial charge in [-0.3, -0.25) is 0 Å². The van der Waals surface area contributed by atoms with Crippen LogP contribution in [0.25, 0.3) is 10.8 Å². The number of benzene rings is 1. The Morgan fingerprint density at radius 2 is 2.10 bits per heavy atom. The minimum absolute atomic E-state index is 0.0229. The molecule has 2 aromatic rings. The van der Waals surface area contributed by atoms with Crippen molar-refractivity contribution >= 4 is 10.8 Å². The molecule has 0 radical (unpaired) electrons. The maximum absolute atomic E-state index is 5.92. The van der Waals surface area contributed by atoms with Crippen molar-refractivity contribution in [2.75, 3.05) is 20.3 Å². The number of nitrogens with zero attached hydrogens (tertiary/aromatic N) is 1. The molecule has 0 aliphatic carbocycles. The van der Waals surface area contributed by atoms with Gasteiger partial charge in [0, 0.05) is 19.0 Å². The highest BCUT2D eigenvalue weighted by atomic mass is 16.5. The molecule has 1 heterocycles. The summed E-state index contributed by atoms with van der Waals surface area (Å²) in [4.78, 5) is 4.62. The van der Waals surface area contributed by atoms with E-state index in [1.165, 1.54) is 0 Å². The molecule has 20 heavy (non-hydrogen) atoms. The van der Waals surface area contributed by atoms with Crippen molar-refractivity contribution in [1.29, 1.82) is 0 Å². The second kappa shape index (κ2) is 7.22. The van der Waals surface area contributed by atoms with Gasteiger partial charge in [-0.15, -0.1) is 0 Å². The van der Waals surface area contributed by atoms with Gasteiger partial charge in [0.25, 0.3) is 0 Å². The molecule has 1 atom stereocenters. The summed E-state index contributed by atoms with van der Waals surface area (Å²) in [5.74, 6) is 0.681. The molecular formula is C16H22N2O2. The van der Waals surface area contributed by atoms with E-state index in [0.717, 1.165) is 29.6 Å². The van der Waals surface area contributed by atoms with Crippen LogP contribution in [0, 0.1) is 0 Å². The summed E-state index contributed by atoms with van der Waals surface area (Å²) >= 11 is 0. The Bertz CT molecular complexity index is 557. The van der Waals surface area contributed by atoms with Crippen LogP contribution in [0.1, 0.15) is 19.5 Å². The van der Waals surface area contributed by atoms with Crippen LogP contribution in [0.4, 0.5) is 0 Å². The highest BCUT2D eigenvalue weighted by molar-refractivity contribution is 5.87. The third-order valence-corrected chi connectivity index (χ3v) is 3.03. The highest BCUT2D eigenvalue weighted by Crippen LogP contribution is 2.25. The summed E-state index contributed by atoms with van der Waals surface area (Å²) < 4.78 is 11.0. The molecule has 4 heteroatoms. The van der Waals surface area contributed by atoms with Crippen molar-refractivity contribution in [3.63, 3.8) is 0 Å². The molecule has 4 nitrogen and oxygen atoms in total. The predicted molar refractivity (Wildman–Crippen MR) is 81.1 cm³/mol. The normalized spacial score (nSPS) is 12.6. The zero-order valence-corrected chi connectivity index (χ0v) is 12.3. The minimum Gasteiger partial charge on any atom is -0.472 e. The average Bonchev–Trinajstić information content (AvgIpc) is 2.45. The van der Waals surface area contributed by atoms with E-state index in [-0.39, 0.29) is 6.10 Å². The lowest BCUT2D eigenvalue weighted by Gasteiger charge is -2.16. The fourth-order valence-corrected chi connectivity index (χ4v) is 2.11. The number of aromatic nitrogens is 1. The minimum atomic E-state index is -0.0229. The first kappa shape index (κ1) is 14.8. The zero-order valence-electron chi connectivity index (χ0n) is 12.3. The van der Waals surface area contributed by atoms with Gasteiger partial charge in [0.05, 0.1) is 12.3 Å². The molecule has 0 aliphatic heterocycles. The lowest BCUT2D eigenvalue weighted by atomic mass is 10.1. The molecule has 0 saturated carbocycles. The van der Waals surface area contributed by atoms with Gasteiger partial charge >= 0.3 is 0 Å². The number of fused-ring (bicyclic) bond motifs is 1. The summed E-state index contributed by atoms with van der Waals surface area (Å²) in [6.45, 7) is 6.28. The fraction of sp³-hybridized carbons (Fsp3) is 0.438. The summed E-state index contributed by atoms with van der Waals surface area (Å²) in [5, 5.41) is 5.48. The standard InChI is InChI=1S/C16H22N2O2/c1-4-17-10-14-9-13-7-5-6-8-15(13)16(18-14)20-12(2)11-19-3/h5-9,12,17H,4,10-11H2,1-3H3. The lowest BCUT2D eigenvalue weighted by Crippen LogP contribution is -2.19. The Labute approximate surface area is 120 Å². The van der Waals surface area contributed by atoms with Crippen molar-refractivity contribution in [1.82, 2.24) is 10.3 Å². The third kappa shape index (κ3) is 3.68. The van der Waals surface area contributed by atoms with Gasteiger partial charge in [-0.2, -0.15) is 0 Å². The molecular weight excluding hydrogens is 252 g/mol. The van der Waals surface area contributed by atoms with E-state index in [0.29, 0.717) is 12.5 Å². The SMILES string of the molecule is CCNCc1cc2ccccc2c(OC(C)COC)n1. The Morgan fingerprint density at radius 1 is 1.30 bits per heavy atom. The summed E-state index contributed by atoms with van der Waals surface area (Å²) in [7, 11) is 1.67. The number of rotatable bonds is 7. The second-order valence-corrected chi connectivity index (χ2v) is 4.80. The maximum atomic E-state index is 5.92. The van der Waals surface area contributed by atoms with Gasteiger partial charge in [0.1, 0.15) is 6.10 Å². The summed E-state index contributed by atoms with van der Waals surface area (Å²) in [5.41, 5.74) is 0.991. The van der Waals surface area contributed by atoms with Gasteiger partial charge in [0.15, 0.2) is 0 Å². The van der Waals surface area contributed by atoms with E-state index in [9.17, 15) is 0 Å². The van der Waals surface area contributed by atoms with Crippen molar-refractivity contribution in [3.05, 3.63) is 36.0 Å². The Morgan fingerprint density at radius 3 is 2.85 bits per heavy atom. The van der Waals surface area contributed by atoms with E-state index in [1.807, 2.05) is 25.1 Å². The number of methoxy groups -OCH3 is 1. The van der Waals surface area contributed by atoms with Gasteiger partial charge in [-0.25, -0.2) is 4.98 Å². The molecule has 1 unspecified atom stereocenters. The van der Waals surface area contributed by atoms with Crippen LogP contribution in [0.5, 0.6) is 5.88 Å². The molecule has 2 rings (SSSR count). The van der Waals surface area contributed by atoms with Gasteiger partial charge in [0.2, 0.25) is 5.88 Å². The summed E-state index contributed by atoms with van der Waals surface area (Å²) in [6, 6.07) is 10.3. The number of nitrogens with one attached hydrogen (secondary N) is 1. The number of pyridine rings is 1. The number of hydrogen-bond acceptors (Lipinski definition) is 4. The first-order valence-electron chi connectivity index (χ1n) is 6.99. The monoisotopic (exact) mass is 274 g/mol. The first-order valence-corrected chi connectivity index (χ1v) is 6.99. The number of ether oxygens (including phenoxy) is 2. The lowest BCUT2D eigenvalue weighted by molar-refractivity contribution is 0.0900. The molecule has 1 aromatic heterocycles. The molecule has 1 N–H and O–H groups in total. The van der Waals surface area contributed by atoms with Crippen molar-refractivity contribution in [2.45, 2.75) is 26.5 Å². The Kier molecular flexibility index (Phi) is 5.32. The van der Waals surface area contributed by atoms with E-state index >= 15 is 0 Å². The van der Waals surface area contributed by atoms with Crippen LogP contribution in [-0.2, 0) is 11.3 Å². The Balaban J connectivity index is 2.33. The zero-order chi connectivity index (χ0) is 14.4. The van der Waals surface area contributed by atoms with E-state index in [2.05, 4.69) is 29.4 Å². The van der Waals surface area contributed by atoms with Crippen molar-refractivity contribution in [2.24, 2.45) is 0 Å². The van der Waals surface area contributed by atoms with Crippen LogP contribution in [0.3, 0.4) is 0 Å². The topological polar surface area (TPSA) is 43.4 Å². The van der Waals surface area contributed by atoms with E-state index in [1.54, 1.807) is 7.11 Å². The van der Waals surface area contributed by atoms with Crippen LogP contribution < -0.4 is 10.1 Å². The molecule has 0 saturated heterocycles. The van der Waals surface area contributed by atoms with E-state index < -0.39 is 0 Å². The third-order valence-electron chi connectivity index (χ3n) is 3.03. The molecule has 1 aromatic carbocycles. The van der Waals surface area contributed by atoms with Crippen LogP contribution in [-0.4, -0.2) is 31.3 Å². The smallest absolute Gasteiger partial charge is 0.221 e. The van der Waals surface area contributed by atoms with Crippen LogP contribution in [0.15, 0.2) is 30.3 Å². The molecule has 0 bridgehead atoms. The fourth-order valence-electron chi connectivity index (χ4n) is 2.11. The van der Waals surface area contributed by atoms with Gasteiger partial charge < -0.3 is 14.8 Å². The molecule has 108 valence electrons. The van der Waals surface area contributed by atoms with Crippen LogP contribution in [0.2, 0.25) is 0 Å². The van der Waals surface area contributed by atoms with Crippen LogP contribution >= 0.6 is 0 Å². The van der Waals surface area contributed by atoms with Gasteiger partial charge in [-0.1, -0.05) is 25.1 Å². The Hall–Kier alpha value is -1.65. The van der Waals surface area contributed by atoms with Crippen molar-refractivity contribution < 1.29 is 9.47 Å². The molecule has 0 fully saturated rings. The summed E-state index contributed by atoms with van der Waals surface area (Å²) in [6.07, 6.45) is -0.0229.